The van der Waals surface area contributed by atoms with E-state index in [1.807, 2.05) is 0 Å². The molecule has 2 rings (SSSR count). The number of ether oxygens (including phenoxy) is 3. The highest BCUT2D eigenvalue weighted by molar-refractivity contribution is 5.91. The van der Waals surface area contributed by atoms with Crippen molar-refractivity contribution in [3.05, 3.63) is 65.7 Å². The summed E-state index contributed by atoms with van der Waals surface area (Å²) in [7, 11) is 0. The first kappa shape index (κ1) is 28.0. The summed E-state index contributed by atoms with van der Waals surface area (Å²) in [6.45, 7) is 2.08. The quantitative estimate of drug-likeness (QED) is 0.121. The van der Waals surface area contributed by atoms with Crippen molar-refractivity contribution >= 4 is 18.0 Å². The van der Waals surface area contributed by atoms with E-state index < -0.39 is 31.1 Å². The maximum Gasteiger partial charge on any atom is 0.392 e. The van der Waals surface area contributed by atoms with Crippen LogP contribution >= 0.6 is 0 Å². The Labute approximate surface area is 203 Å². The van der Waals surface area contributed by atoms with Crippen molar-refractivity contribution in [3.63, 3.8) is 0 Å². The summed E-state index contributed by atoms with van der Waals surface area (Å²) in [5, 5.41) is 0. The Morgan fingerprint density at radius 1 is 0.829 bits per heavy atom. The lowest BCUT2D eigenvalue weighted by atomic mass is 10.1. The highest BCUT2D eigenvalue weighted by atomic mass is 19.4. The minimum atomic E-state index is -4.29. The van der Waals surface area contributed by atoms with Crippen LogP contribution in [0, 0.1) is 0 Å². The maximum atomic E-state index is 12.3. The molecule has 35 heavy (non-hydrogen) atoms. The molecule has 190 valence electrons. The van der Waals surface area contributed by atoms with Crippen LogP contribution in [0.15, 0.2) is 54.6 Å². The van der Waals surface area contributed by atoms with Crippen LogP contribution < -0.4 is 9.47 Å². The van der Waals surface area contributed by atoms with E-state index in [0.717, 1.165) is 24.8 Å². The van der Waals surface area contributed by atoms with Crippen molar-refractivity contribution in [2.24, 2.45) is 0 Å². The summed E-state index contributed by atoms with van der Waals surface area (Å²) in [5.74, 6) is -0.482. The normalized spacial score (nSPS) is 11.4. The zero-order valence-corrected chi connectivity index (χ0v) is 19.8. The molecule has 0 aromatic heterocycles. The second-order valence-electron chi connectivity index (χ2n) is 7.97. The second kappa shape index (κ2) is 14.9. The Hall–Kier alpha value is -3.29. The van der Waals surface area contributed by atoms with Crippen LogP contribution in [0.4, 0.5) is 13.2 Å². The third-order valence-electron chi connectivity index (χ3n) is 4.99. The summed E-state index contributed by atoms with van der Waals surface area (Å²) in [5.41, 5.74) is 0.965. The SMILES string of the molecule is CCCCCCCCOC(=O)C=Cc1ccc(OC(=O)c2ccc(OCCC(F)(F)F)cc2)cc1. The van der Waals surface area contributed by atoms with E-state index in [1.165, 1.54) is 49.6 Å². The average molecular weight is 493 g/mol. The lowest BCUT2D eigenvalue weighted by Gasteiger charge is -2.09. The Balaban J connectivity index is 1.74. The molecule has 0 fully saturated rings. The molecule has 0 bridgehead atoms. The van der Waals surface area contributed by atoms with Gasteiger partial charge in [0.2, 0.25) is 0 Å². The fourth-order valence-electron chi connectivity index (χ4n) is 3.05. The zero-order valence-electron chi connectivity index (χ0n) is 19.8. The van der Waals surface area contributed by atoms with Gasteiger partial charge in [0.15, 0.2) is 0 Å². The third-order valence-corrected chi connectivity index (χ3v) is 4.99. The first-order chi connectivity index (χ1) is 16.8. The van der Waals surface area contributed by atoms with Crippen LogP contribution in [0.25, 0.3) is 6.08 Å². The molecule has 0 aliphatic carbocycles. The topological polar surface area (TPSA) is 61.8 Å². The molecule has 0 aliphatic heterocycles. The molecule has 8 heteroatoms. The molecular weight excluding hydrogens is 461 g/mol. The number of halogens is 3. The van der Waals surface area contributed by atoms with Crippen LogP contribution in [0.2, 0.25) is 0 Å². The number of hydrogen-bond donors (Lipinski definition) is 0. The van der Waals surface area contributed by atoms with Gasteiger partial charge < -0.3 is 14.2 Å². The van der Waals surface area contributed by atoms with Gasteiger partial charge in [0.05, 0.1) is 25.2 Å². The van der Waals surface area contributed by atoms with Gasteiger partial charge >= 0.3 is 18.1 Å². The Morgan fingerprint density at radius 2 is 1.46 bits per heavy atom. The fraction of sp³-hybridized carbons (Fsp3) is 0.407. The molecule has 5 nitrogen and oxygen atoms in total. The van der Waals surface area contributed by atoms with Gasteiger partial charge in [-0.15, -0.1) is 0 Å². The molecule has 0 amide bonds. The van der Waals surface area contributed by atoms with Crippen LogP contribution in [-0.2, 0) is 9.53 Å². The van der Waals surface area contributed by atoms with Crippen molar-refractivity contribution in [2.75, 3.05) is 13.2 Å². The van der Waals surface area contributed by atoms with Gasteiger partial charge in [0.25, 0.3) is 0 Å². The smallest absolute Gasteiger partial charge is 0.392 e. The van der Waals surface area contributed by atoms with Crippen molar-refractivity contribution in [1.29, 1.82) is 0 Å². The van der Waals surface area contributed by atoms with Crippen LogP contribution in [0.3, 0.4) is 0 Å². The Kier molecular flexibility index (Phi) is 11.9. The van der Waals surface area contributed by atoms with Crippen molar-refractivity contribution < 1.29 is 37.0 Å². The van der Waals surface area contributed by atoms with Gasteiger partial charge in [-0.3, -0.25) is 0 Å². The van der Waals surface area contributed by atoms with Gasteiger partial charge in [-0.2, -0.15) is 13.2 Å². The molecule has 0 atom stereocenters. The number of rotatable bonds is 14. The van der Waals surface area contributed by atoms with Gasteiger partial charge in [0.1, 0.15) is 11.5 Å². The lowest BCUT2D eigenvalue weighted by molar-refractivity contribution is -0.140. The van der Waals surface area contributed by atoms with E-state index in [1.54, 1.807) is 30.3 Å². The molecule has 0 unspecified atom stereocenters. The molecular formula is C27H31F3O5. The van der Waals surface area contributed by atoms with Gasteiger partial charge in [-0.05, 0) is 54.5 Å². The van der Waals surface area contributed by atoms with E-state index in [2.05, 4.69) is 6.92 Å². The molecule has 0 radical (unpaired) electrons. The molecule has 0 heterocycles. The molecule has 0 saturated carbocycles. The zero-order chi connectivity index (χ0) is 25.5. The average Bonchev–Trinajstić information content (AvgIpc) is 2.82. The first-order valence-corrected chi connectivity index (χ1v) is 11.7. The summed E-state index contributed by atoms with van der Waals surface area (Å²) in [6.07, 6.45) is 4.35. The number of carbonyl (C=O) groups excluding carboxylic acids is 2. The number of alkyl halides is 3. The van der Waals surface area contributed by atoms with E-state index in [-0.39, 0.29) is 11.3 Å². The summed E-state index contributed by atoms with van der Waals surface area (Å²) in [4.78, 5) is 24.1. The lowest BCUT2D eigenvalue weighted by Crippen LogP contribution is -2.13. The summed E-state index contributed by atoms with van der Waals surface area (Å²) < 4.78 is 52.0. The highest BCUT2D eigenvalue weighted by Gasteiger charge is 2.26. The number of carbonyl (C=O) groups is 2. The standard InChI is InChI=1S/C27H31F3O5/c1-2-3-4-5-6-7-19-34-25(31)17-10-21-8-13-24(14-9-21)35-26(32)22-11-15-23(16-12-22)33-20-18-27(28,29)30/h8-17H,2-7,18-20H2,1H3. The Morgan fingerprint density at radius 3 is 2.11 bits per heavy atom. The van der Waals surface area contributed by atoms with E-state index in [0.29, 0.717) is 12.4 Å². The number of benzene rings is 2. The minimum absolute atomic E-state index is 0.227. The molecule has 0 spiro atoms. The predicted octanol–water partition coefficient (Wildman–Crippen LogP) is 7.15. The van der Waals surface area contributed by atoms with Crippen molar-refractivity contribution in [2.45, 2.75) is 58.0 Å². The highest BCUT2D eigenvalue weighted by Crippen LogP contribution is 2.21. The van der Waals surface area contributed by atoms with E-state index in [9.17, 15) is 22.8 Å². The number of unbranched alkanes of at least 4 members (excludes halogenated alkanes) is 5. The minimum Gasteiger partial charge on any atom is -0.493 e. The number of esters is 2. The Bertz CT molecular complexity index is 935. The first-order valence-electron chi connectivity index (χ1n) is 11.7. The van der Waals surface area contributed by atoms with Crippen LogP contribution in [0.5, 0.6) is 11.5 Å². The predicted molar refractivity (Wildman–Crippen MR) is 127 cm³/mol. The third kappa shape index (κ3) is 12.1. The molecule has 0 N–H and O–H groups in total. The monoisotopic (exact) mass is 492 g/mol. The largest absolute Gasteiger partial charge is 0.493 e. The van der Waals surface area contributed by atoms with Crippen LogP contribution in [-0.4, -0.2) is 31.3 Å². The second-order valence-corrected chi connectivity index (χ2v) is 7.97. The van der Waals surface area contributed by atoms with E-state index >= 15 is 0 Å². The van der Waals surface area contributed by atoms with Crippen molar-refractivity contribution in [3.8, 4) is 11.5 Å². The molecule has 0 saturated heterocycles. The van der Waals surface area contributed by atoms with Crippen LogP contribution in [0.1, 0.15) is 67.8 Å². The van der Waals surface area contributed by atoms with Gasteiger partial charge in [-0.25, -0.2) is 9.59 Å². The fourth-order valence-corrected chi connectivity index (χ4v) is 3.05. The maximum absolute atomic E-state index is 12.3. The van der Waals surface area contributed by atoms with Crippen molar-refractivity contribution in [1.82, 2.24) is 0 Å². The molecule has 2 aromatic rings. The summed E-state index contributed by atoms with van der Waals surface area (Å²) >= 11 is 0. The van der Waals surface area contributed by atoms with Gasteiger partial charge in [-0.1, -0.05) is 51.2 Å². The summed E-state index contributed by atoms with van der Waals surface area (Å²) in [6, 6.07) is 12.2. The molecule has 2 aromatic carbocycles. The van der Waals surface area contributed by atoms with E-state index in [4.69, 9.17) is 14.2 Å². The molecule has 0 aliphatic rings. The number of hydrogen-bond acceptors (Lipinski definition) is 5. The van der Waals surface area contributed by atoms with Gasteiger partial charge in [0, 0.05) is 6.08 Å².